The Hall–Kier alpha value is -0.610. The van der Waals surface area contributed by atoms with Gasteiger partial charge in [-0.15, -0.1) is 0 Å². The second-order valence-corrected chi connectivity index (χ2v) is 3.06. The van der Waals surface area contributed by atoms with Crippen LogP contribution in [0.15, 0.2) is 0 Å². The van der Waals surface area contributed by atoms with Gasteiger partial charge in [0.1, 0.15) is 6.04 Å². The standard InChI is InChI=1S/C8H18N2O2/c1-3-4-5-10(2)6-7(9)8(11)12/h7H,3-6,9H2,1-2H3,(H,11,12). The van der Waals surface area contributed by atoms with E-state index in [-0.39, 0.29) is 0 Å². The van der Waals surface area contributed by atoms with Crippen molar-refractivity contribution in [3.63, 3.8) is 0 Å². The molecular weight excluding hydrogens is 156 g/mol. The Morgan fingerprint density at radius 1 is 1.67 bits per heavy atom. The van der Waals surface area contributed by atoms with Crippen LogP contribution in [0.3, 0.4) is 0 Å². The third-order valence-electron chi connectivity index (χ3n) is 1.72. The van der Waals surface area contributed by atoms with Gasteiger partial charge in [-0.2, -0.15) is 0 Å². The van der Waals surface area contributed by atoms with Gasteiger partial charge in [-0.25, -0.2) is 0 Å². The van der Waals surface area contributed by atoms with E-state index in [9.17, 15) is 4.79 Å². The summed E-state index contributed by atoms with van der Waals surface area (Å²) in [5.41, 5.74) is 5.35. The second-order valence-electron chi connectivity index (χ2n) is 3.06. The van der Waals surface area contributed by atoms with Gasteiger partial charge in [0.05, 0.1) is 0 Å². The number of carboxylic acids is 1. The van der Waals surface area contributed by atoms with Gasteiger partial charge < -0.3 is 15.7 Å². The van der Waals surface area contributed by atoms with E-state index in [0.717, 1.165) is 19.4 Å². The van der Waals surface area contributed by atoms with Crippen LogP contribution in [-0.4, -0.2) is 42.2 Å². The monoisotopic (exact) mass is 174 g/mol. The lowest BCUT2D eigenvalue weighted by Crippen LogP contribution is -2.41. The maximum atomic E-state index is 10.4. The van der Waals surface area contributed by atoms with E-state index >= 15 is 0 Å². The fourth-order valence-corrected chi connectivity index (χ4v) is 0.933. The summed E-state index contributed by atoms with van der Waals surface area (Å²) in [4.78, 5) is 12.3. The predicted octanol–water partition coefficient (Wildman–Crippen LogP) is 0.130. The molecule has 1 atom stereocenters. The molecule has 4 nitrogen and oxygen atoms in total. The number of carbonyl (C=O) groups is 1. The van der Waals surface area contributed by atoms with Crippen LogP contribution < -0.4 is 5.73 Å². The molecule has 0 aliphatic heterocycles. The molecule has 0 saturated heterocycles. The van der Waals surface area contributed by atoms with Gasteiger partial charge in [0, 0.05) is 6.54 Å². The van der Waals surface area contributed by atoms with Crippen LogP contribution in [0.5, 0.6) is 0 Å². The molecule has 4 heteroatoms. The number of carboxylic acid groups (broad SMARTS) is 1. The molecule has 0 aromatic rings. The van der Waals surface area contributed by atoms with Gasteiger partial charge in [0.15, 0.2) is 0 Å². The van der Waals surface area contributed by atoms with Crippen LogP contribution in [0, 0.1) is 0 Å². The van der Waals surface area contributed by atoms with Crippen LogP contribution in [-0.2, 0) is 4.79 Å². The minimum Gasteiger partial charge on any atom is -0.480 e. The van der Waals surface area contributed by atoms with Crippen LogP contribution in [0.1, 0.15) is 19.8 Å². The van der Waals surface area contributed by atoms with Gasteiger partial charge in [0.2, 0.25) is 0 Å². The Labute approximate surface area is 73.3 Å². The highest BCUT2D eigenvalue weighted by Crippen LogP contribution is 1.92. The fraction of sp³-hybridized carbons (Fsp3) is 0.875. The van der Waals surface area contributed by atoms with Crippen molar-refractivity contribution >= 4 is 5.97 Å². The summed E-state index contributed by atoms with van der Waals surface area (Å²) in [5, 5.41) is 8.50. The summed E-state index contributed by atoms with van der Waals surface area (Å²) < 4.78 is 0. The van der Waals surface area contributed by atoms with Crippen LogP contribution >= 0.6 is 0 Å². The molecule has 0 rings (SSSR count). The molecule has 0 aliphatic carbocycles. The molecule has 1 unspecified atom stereocenters. The normalized spacial score (nSPS) is 13.3. The number of hydrogen-bond acceptors (Lipinski definition) is 3. The molecule has 0 amide bonds. The molecule has 0 bridgehead atoms. The number of unbranched alkanes of at least 4 members (excludes halogenated alkanes) is 1. The summed E-state index contributed by atoms with van der Waals surface area (Å²) in [6.45, 7) is 3.44. The third kappa shape index (κ3) is 5.09. The summed E-state index contributed by atoms with van der Waals surface area (Å²) in [7, 11) is 1.89. The van der Waals surface area contributed by atoms with Crippen molar-refractivity contribution in [2.75, 3.05) is 20.1 Å². The molecule has 0 aromatic heterocycles. The lowest BCUT2D eigenvalue weighted by atomic mass is 10.2. The second kappa shape index (κ2) is 5.97. The molecule has 12 heavy (non-hydrogen) atoms. The van der Waals surface area contributed by atoms with Crippen LogP contribution in [0.4, 0.5) is 0 Å². The molecule has 0 saturated carbocycles. The summed E-state index contributed by atoms with van der Waals surface area (Å²) in [6.07, 6.45) is 2.20. The van der Waals surface area contributed by atoms with Gasteiger partial charge in [-0.05, 0) is 20.0 Å². The predicted molar refractivity (Wildman–Crippen MR) is 48.0 cm³/mol. The van der Waals surface area contributed by atoms with Crippen molar-refractivity contribution in [2.45, 2.75) is 25.8 Å². The summed E-state index contributed by atoms with van der Waals surface area (Å²) in [5.74, 6) is -0.932. The summed E-state index contributed by atoms with van der Waals surface area (Å²) >= 11 is 0. The van der Waals surface area contributed by atoms with Crippen molar-refractivity contribution in [3.8, 4) is 0 Å². The van der Waals surface area contributed by atoms with E-state index < -0.39 is 12.0 Å². The van der Waals surface area contributed by atoms with E-state index in [4.69, 9.17) is 10.8 Å². The average molecular weight is 174 g/mol. The number of hydrogen-bond donors (Lipinski definition) is 2. The number of nitrogens with zero attached hydrogens (tertiary/aromatic N) is 1. The lowest BCUT2D eigenvalue weighted by Gasteiger charge is -2.18. The van der Waals surface area contributed by atoms with Crippen molar-refractivity contribution in [2.24, 2.45) is 5.73 Å². The Balaban J connectivity index is 3.53. The smallest absolute Gasteiger partial charge is 0.321 e. The number of likely N-dealkylation sites (N-methyl/N-ethyl adjacent to an activating group) is 1. The third-order valence-corrected chi connectivity index (χ3v) is 1.72. The minimum absolute atomic E-state index is 0.426. The Morgan fingerprint density at radius 3 is 2.67 bits per heavy atom. The van der Waals surface area contributed by atoms with E-state index in [1.54, 1.807) is 0 Å². The molecule has 0 spiro atoms. The zero-order chi connectivity index (χ0) is 9.56. The Bertz CT molecular complexity index is 139. The van der Waals surface area contributed by atoms with Crippen LogP contribution in [0.2, 0.25) is 0 Å². The molecule has 0 radical (unpaired) electrons. The van der Waals surface area contributed by atoms with Gasteiger partial charge in [0.25, 0.3) is 0 Å². The number of rotatable bonds is 6. The Morgan fingerprint density at radius 2 is 2.25 bits per heavy atom. The molecule has 0 fully saturated rings. The average Bonchev–Trinajstić information content (AvgIpc) is 2.00. The van der Waals surface area contributed by atoms with Crippen LogP contribution in [0.25, 0.3) is 0 Å². The van der Waals surface area contributed by atoms with Gasteiger partial charge in [-0.1, -0.05) is 13.3 Å². The van der Waals surface area contributed by atoms with Crippen molar-refractivity contribution < 1.29 is 9.90 Å². The number of nitrogens with two attached hydrogens (primary N) is 1. The first-order valence-electron chi connectivity index (χ1n) is 4.24. The van der Waals surface area contributed by atoms with E-state index in [2.05, 4.69) is 6.92 Å². The number of aliphatic carboxylic acids is 1. The molecule has 72 valence electrons. The SMILES string of the molecule is CCCCN(C)CC(N)C(=O)O. The van der Waals surface area contributed by atoms with E-state index in [0.29, 0.717) is 6.54 Å². The highest BCUT2D eigenvalue weighted by molar-refractivity contribution is 5.73. The molecule has 0 aliphatic rings. The zero-order valence-electron chi connectivity index (χ0n) is 7.79. The van der Waals surface area contributed by atoms with Crippen molar-refractivity contribution in [1.29, 1.82) is 0 Å². The van der Waals surface area contributed by atoms with Gasteiger partial charge in [-0.3, -0.25) is 4.79 Å². The quantitative estimate of drug-likeness (QED) is 0.600. The maximum Gasteiger partial charge on any atom is 0.321 e. The molecule has 3 N–H and O–H groups in total. The molecule has 0 heterocycles. The largest absolute Gasteiger partial charge is 0.480 e. The highest BCUT2D eigenvalue weighted by atomic mass is 16.4. The Kier molecular flexibility index (Phi) is 5.66. The first-order valence-corrected chi connectivity index (χ1v) is 4.24. The first kappa shape index (κ1) is 11.4. The fourth-order valence-electron chi connectivity index (χ4n) is 0.933. The van der Waals surface area contributed by atoms with Crippen molar-refractivity contribution in [3.05, 3.63) is 0 Å². The zero-order valence-corrected chi connectivity index (χ0v) is 7.79. The van der Waals surface area contributed by atoms with E-state index in [1.807, 2.05) is 11.9 Å². The molecule has 0 aromatic carbocycles. The van der Waals surface area contributed by atoms with Crippen molar-refractivity contribution in [1.82, 2.24) is 4.90 Å². The topological polar surface area (TPSA) is 66.6 Å². The highest BCUT2D eigenvalue weighted by Gasteiger charge is 2.12. The van der Waals surface area contributed by atoms with Gasteiger partial charge >= 0.3 is 5.97 Å². The van der Waals surface area contributed by atoms with E-state index in [1.165, 1.54) is 0 Å². The first-order chi connectivity index (χ1) is 5.57. The lowest BCUT2D eigenvalue weighted by molar-refractivity contribution is -0.138. The summed E-state index contributed by atoms with van der Waals surface area (Å²) in [6, 6.07) is -0.758. The maximum absolute atomic E-state index is 10.4. The minimum atomic E-state index is -0.932. The molecular formula is C8H18N2O2.